The van der Waals surface area contributed by atoms with Gasteiger partial charge in [0.1, 0.15) is 0 Å². The molecule has 0 unspecified atom stereocenters. The van der Waals surface area contributed by atoms with Crippen LogP contribution in [0, 0.1) is 20.8 Å². The van der Waals surface area contributed by atoms with Crippen LogP contribution in [0.25, 0.3) is 0 Å². The number of aryl methyl sites for hydroxylation is 3. The van der Waals surface area contributed by atoms with E-state index in [9.17, 15) is 4.79 Å². The Bertz CT molecular complexity index is 615. The highest BCUT2D eigenvalue weighted by Crippen LogP contribution is 2.19. The second kappa shape index (κ2) is 5.10. The second-order valence-corrected chi connectivity index (χ2v) is 4.58. The second-order valence-electron chi connectivity index (χ2n) is 4.58. The summed E-state index contributed by atoms with van der Waals surface area (Å²) in [5.74, 6) is -0.204. The van der Waals surface area contributed by atoms with Crippen LogP contribution in [0.15, 0.2) is 30.3 Å². The number of rotatable bonds is 2. The molecule has 1 amide bonds. The number of nitrogen functional groups attached to an aromatic ring is 1. The Morgan fingerprint density at radius 2 is 1.89 bits per heavy atom. The Labute approximate surface area is 112 Å². The van der Waals surface area contributed by atoms with E-state index in [4.69, 9.17) is 5.73 Å². The smallest absolute Gasteiger partial charge is 0.258 e. The van der Waals surface area contributed by atoms with Gasteiger partial charge in [-0.15, -0.1) is 0 Å². The van der Waals surface area contributed by atoms with Crippen molar-refractivity contribution in [1.82, 2.24) is 4.98 Å². The van der Waals surface area contributed by atoms with Gasteiger partial charge in [0.2, 0.25) is 0 Å². The number of carbonyl (C=O) groups excluding carboxylic acids is 1. The molecule has 0 radical (unpaired) electrons. The summed E-state index contributed by atoms with van der Waals surface area (Å²) in [5, 5.41) is 2.85. The number of benzene rings is 1. The van der Waals surface area contributed by atoms with Gasteiger partial charge >= 0.3 is 0 Å². The van der Waals surface area contributed by atoms with E-state index in [1.54, 1.807) is 6.07 Å². The molecule has 0 saturated carbocycles. The molecule has 4 heteroatoms. The van der Waals surface area contributed by atoms with E-state index >= 15 is 0 Å². The van der Waals surface area contributed by atoms with Gasteiger partial charge in [0.25, 0.3) is 5.91 Å². The van der Waals surface area contributed by atoms with Crippen molar-refractivity contribution in [1.29, 1.82) is 0 Å². The quantitative estimate of drug-likeness (QED) is 0.811. The molecule has 0 atom stereocenters. The number of aromatic nitrogens is 1. The molecular formula is C15H17N3O. The van der Waals surface area contributed by atoms with E-state index in [2.05, 4.69) is 10.3 Å². The predicted molar refractivity (Wildman–Crippen MR) is 77.3 cm³/mol. The van der Waals surface area contributed by atoms with Crippen LogP contribution in [0.4, 0.5) is 11.4 Å². The van der Waals surface area contributed by atoms with Crippen molar-refractivity contribution in [2.75, 3.05) is 11.1 Å². The van der Waals surface area contributed by atoms with Crippen LogP contribution in [0.1, 0.15) is 27.3 Å². The molecule has 0 aliphatic heterocycles. The maximum Gasteiger partial charge on any atom is 0.258 e. The predicted octanol–water partition coefficient (Wildman–Crippen LogP) is 2.84. The molecule has 0 aliphatic carbocycles. The molecule has 0 spiro atoms. The van der Waals surface area contributed by atoms with Gasteiger partial charge in [-0.25, -0.2) is 0 Å². The standard InChI is InChI=1S/C15H17N3O/c1-9-5-4-6-12(16)14(9)15(19)18-13-8-7-10(2)17-11(13)3/h4-8H,16H2,1-3H3,(H,18,19). The lowest BCUT2D eigenvalue weighted by Crippen LogP contribution is -2.16. The van der Waals surface area contributed by atoms with E-state index in [1.807, 2.05) is 45.0 Å². The lowest BCUT2D eigenvalue weighted by atomic mass is 10.1. The molecule has 0 saturated heterocycles. The molecular weight excluding hydrogens is 238 g/mol. The van der Waals surface area contributed by atoms with Gasteiger partial charge in [-0.05, 0) is 44.5 Å². The number of amides is 1. The normalized spacial score (nSPS) is 10.3. The number of hydrogen-bond donors (Lipinski definition) is 2. The summed E-state index contributed by atoms with van der Waals surface area (Å²) in [7, 11) is 0. The average molecular weight is 255 g/mol. The van der Waals surface area contributed by atoms with Gasteiger partial charge < -0.3 is 11.1 Å². The molecule has 1 aromatic heterocycles. The molecule has 2 aromatic rings. The summed E-state index contributed by atoms with van der Waals surface area (Å²) >= 11 is 0. The van der Waals surface area contributed by atoms with Gasteiger partial charge in [-0.2, -0.15) is 0 Å². The summed E-state index contributed by atoms with van der Waals surface area (Å²) in [6.45, 7) is 5.65. The molecule has 3 N–H and O–H groups in total. The summed E-state index contributed by atoms with van der Waals surface area (Å²) < 4.78 is 0. The monoisotopic (exact) mass is 255 g/mol. The topological polar surface area (TPSA) is 68.0 Å². The minimum atomic E-state index is -0.204. The zero-order valence-corrected chi connectivity index (χ0v) is 11.3. The largest absolute Gasteiger partial charge is 0.398 e. The minimum Gasteiger partial charge on any atom is -0.398 e. The molecule has 1 aromatic carbocycles. The number of nitrogens with one attached hydrogen (secondary N) is 1. The first kappa shape index (κ1) is 13.1. The third-order valence-electron chi connectivity index (χ3n) is 3.01. The summed E-state index contributed by atoms with van der Waals surface area (Å²) in [6, 6.07) is 9.14. The molecule has 0 bridgehead atoms. The molecule has 0 fully saturated rings. The first-order chi connectivity index (χ1) is 8.99. The number of nitrogens with two attached hydrogens (primary N) is 1. The van der Waals surface area contributed by atoms with Crippen LogP contribution in [0.2, 0.25) is 0 Å². The fraction of sp³-hybridized carbons (Fsp3) is 0.200. The SMILES string of the molecule is Cc1ccc(NC(=O)c2c(C)cccc2N)c(C)n1. The van der Waals surface area contributed by atoms with Crippen LogP contribution in [0.5, 0.6) is 0 Å². The van der Waals surface area contributed by atoms with Crippen molar-refractivity contribution in [3.63, 3.8) is 0 Å². The number of carbonyl (C=O) groups is 1. The van der Waals surface area contributed by atoms with Crippen molar-refractivity contribution in [3.05, 3.63) is 52.8 Å². The Morgan fingerprint density at radius 3 is 2.53 bits per heavy atom. The van der Waals surface area contributed by atoms with Gasteiger partial charge in [0.15, 0.2) is 0 Å². The minimum absolute atomic E-state index is 0.204. The van der Waals surface area contributed by atoms with Gasteiger partial charge in [-0.3, -0.25) is 9.78 Å². The summed E-state index contributed by atoms with van der Waals surface area (Å²) in [6.07, 6.45) is 0. The summed E-state index contributed by atoms with van der Waals surface area (Å²) in [5.41, 5.74) is 10.1. The van der Waals surface area contributed by atoms with E-state index < -0.39 is 0 Å². The molecule has 98 valence electrons. The highest BCUT2D eigenvalue weighted by atomic mass is 16.1. The van der Waals surface area contributed by atoms with Crippen molar-refractivity contribution in [3.8, 4) is 0 Å². The fourth-order valence-corrected chi connectivity index (χ4v) is 2.00. The molecule has 4 nitrogen and oxygen atoms in total. The van der Waals surface area contributed by atoms with Crippen LogP contribution in [-0.4, -0.2) is 10.9 Å². The molecule has 19 heavy (non-hydrogen) atoms. The number of hydrogen-bond acceptors (Lipinski definition) is 3. The highest BCUT2D eigenvalue weighted by molar-refractivity contribution is 6.08. The zero-order valence-electron chi connectivity index (χ0n) is 11.3. The van der Waals surface area contributed by atoms with Crippen LogP contribution < -0.4 is 11.1 Å². The summed E-state index contributed by atoms with van der Waals surface area (Å²) in [4.78, 5) is 16.6. The van der Waals surface area contributed by atoms with Crippen LogP contribution >= 0.6 is 0 Å². The van der Waals surface area contributed by atoms with E-state index in [0.29, 0.717) is 16.9 Å². The zero-order chi connectivity index (χ0) is 14.0. The highest BCUT2D eigenvalue weighted by Gasteiger charge is 2.13. The Hall–Kier alpha value is -2.36. The van der Waals surface area contributed by atoms with Gasteiger partial charge in [0, 0.05) is 11.4 Å². The van der Waals surface area contributed by atoms with Crippen molar-refractivity contribution in [2.24, 2.45) is 0 Å². The van der Waals surface area contributed by atoms with Crippen molar-refractivity contribution >= 4 is 17.3 Å². The van der Waals surface area contributed by atoms with E-state index in [-0.39, 0.29) is 5.91 Å². The molecule has 2 rings (SSSR count). The Kier molecular flexibility index (Phi) is 3.51. The maximum absolute atomic E-state index is 12.3. The lowest BCUT2D eigenvalue weighted by molar-refractivity contribution is 0.102. The molecule has 1 heterocycles. The first-order valence-corrected chi connectivity index (χ1v) is 6.09. The number of nitrogens with zero attached hydrogens (tertiary/aromatic N) is 1. The van der Waals surface area contributed by atoms with E-state index in [0.717, 1.165) is 17.0 Å². The Balaban J connectivity index is 2.31. The van der Waals surface area contributed by atoms with Crippen molar-refractivity contribution < 1.29 is 4.79 Å². The maximum atomic E-state index is 12.3. The number of anilines is 2. The van der Waals surface area contributed by atoms with Crippen LogP contribution in [-0.2, 0) is 0 Å². The lowest BCUT2D eigenvalue weighted by Gasteiger charge is -2.11. The Morgan fingerprint density at radius 1 is 1.16 bits per heavy atom. The van der Waals surface area contributed by atoms with Gasteiger partial charge in [0.05, 0.1) is 16.9 Å². The van der Waals surface area contributed by atoms with E-state index in [1.165, 1.54) is 0 Å². The molecule has 0 aliphatic rings. The van der Waals surface area contributed by atoms with Crippen LogP contribution in [0.3, 0.4) is 0 Å². The average Bonchev–Trinajstić information content (AvgIpc) is 2.32. The number of pyridine rings is 1. The fourth-order valence-electron chi connectivity index (χ4n) is 2.00. The third kappa shape index (κ3) is 2.73. The van der Waals surface area contributed by atoms with Crippen molar-refractivity contribution in [2.45, 2.75) is 20.8 Å². The van der Waals surface area contributed by atoms with Gasteiger partial charge in [-0.1, -0.05) is 12.1 Å². The first-order valence-electron chi connectivity index (χ1n) is 6.09. The third-order valence-corrected chi connectivity index (χ3v) is 3.01.